The molecule has 6 heteroatoms. The van der Waals surface area contributed by atoms with Crippen LogP contribution in [0.1, 0.15) is 44.5 Å². The molecule has 2 aromatic rings. The third-order valence-corrected chi connectivity index (χ3v) is 5.60. The highest BCUT2D eigenvalue weighted by Crippen LogP contribution is 2.21. The lowest BCUT2D eigenvalue weighted by atomic mass is 10.1. The van der Waals surface area contributed by atoms with Gasteiger partial charge in [0.2, 0.25) is 5.91 Å². The Morgan fingerprint density at radius 3 is 2.10 bits per heavy atom. The number of nitrogens with zero attached hydrogens (tertiary/aromatic N) is 2. The molecule has 0 saturated carbocycles. The highest BCUT2D eigenvalue weighted by Gasteiger charge is 2.22. The second kappa shape index (κ2) is 10.3. The van der Waals surface area contributed by atoms with Crippen molar-refractivity contribution < 1.29 is 14.3 Å². The van der Waals surface area contributed by atoms with E-state index in [0.29, 0.717) is 5.56 Å². The van der Waals surface area contributed by atoms with Crippen LogP contribution in [0.3, 0.4) is 0 Å². The maximum Gasteiger partial charge on any atom is 0.255 e. The number of carbonyl (C=O) groups excluding carboxylic acids is 2. The number of amides is 2. The number of hydrogen-bond donors (Lipinski definition) is 1. The SMILES string of the molecule is CCC(C)Oc1ccc(C(=O)Nc2ccc(N3CCN(C(=O)C(C)C)CC3)cc2)cc1. The van der Waals surface area contributed by atoms with Gasteiger partial charge >= 0.3 is 0 Å². The molecular formula is C25H33N3O3. The summed E-state index contributed by atoms with van der Waals surface area (Å²) in [5, 5.41) is 2.94. The molecule has 0 radical (unpaired) electrons. The first-order valence-electron chi connectivity index (χ1n) is 11.1. The van der Waals surface area contributed by atoms with Gasteiger partial charge in [-0.25, -0.2) is 0 Å². The summed E-state index contributed by atoms with van der Waals surface area (Å²) in [6, 6.07) is 15.1. The van der Waals surface area contributed by atoms with Crippen LogP contribution in [-0.2, 0) is 4.79 Å². The number of rotatable bonds is 7. The number of carbonyl (C=O) groups is 2. The monoisotopic (exact) mass is 423 g/mol. The number of anilines is 2. The summed E-state index contributed by atoms with van der Waals surface area (Å²) in [5.74, 6) is 0.879. The maximum atomic E-state index is 12.5. The summed E-state index contributed by atoms with van der Waals surface area (Å²) in [6.07, 6.45) is 1.08. The van der Waals surface area contributed by atoms with Crippen molar-refractivity contribution in [1.29, 1.82) is 0 Å². The standard InChI is InChI=1S/C25H33N3O3/c1-5-19(4)31-23-12-6-20(7-13-23)24(29)26-21-8-10-22(11-9-21)27-14-16-28(17-15-27)25(30)18(2)3/h6-13,18-19H,5,14-17H2,1-4H3,(H,26,29). The van der Waals surface area contributed by atoms with Crippen molar-refractivity contribution in [2.75, 3.05) is 36.4 Å². The summed E-state index contributed by atoms with van der Waals surface area (Å²) < 4.78 is 5.76. The van der Waals surface area contributed by atoms with Gasteiger partial charge in [-0.3, -0.25) is 9.59 Å². The van der Waals surface area contributed by atoms with Crippen molar-refractivity contribution >= 4 is 23.2 Å². The predicted octanol–water partition coefficient (Wildman–Crippen LogP) is 4.42. The van der Waals surface area contributed by atoms with E-state index in [2.05, 4.69) is 17.1 Å². The molecule has 31 heavy (non-hydrogen) atoms. The van der Waals surface area contributed by atoms with Crippen molar-refractivity contribution in [1.82, 2.24) is 4.90 Å². The lowest BCUT2D eigenvalue weighted by molar-refractivity contribution is -0.134. The fraction of sp³-hybridized carbons (Fsp3) is 0.440. The fourth-order valence-corrected chi connectivity index (χ4v) is 3.51. The van der Waals surface area contributed by atoms with Gasteiger partial charge in [0.15, 0.2) is 0 Å². The Morgan fingerprint density at radius 1 is 0.935 bits per heavy atom. The molecule has 1 atom stereocenters. The molecule has 3 rings (SSSR count). The molecule has 1 N–H and O–H groups in total. The highest BCUT2D eigenvalue weighted by atomic mass is 16.5. The summed E-state index contributed by atoms with van der Waals surface area (Å²) in [6.45, 7) is 11.1. The van der Waals surface area contributed by atoms with Gasteiger partial charge in [-0.1, -0.05) is 20.8 Å². The molecule has 1 aliphatic heterocycles. The van der Waals surface area contributed by atoms with E-state index in [0.717, 1.165) is 49.7 Å². The first-order chi connectivity index (χ1) is 14.9. The second-order valence-electron chi connectivity index (χ2n) is 8.33. The smallest absolute Gasteiger partial charge is 0.255 e. The highest BCUT2D eigenvalue weighted by molar-refractivity contribution is 6.04. The Hall–Kier alpha value is -3.02. The molecule has 2 aromatic carbocycles. The van der Waals surface area contributed by atoms with Crippen LogP contribution in [0.25, 0.3) is 0 Å². The zero-order valence-electron chi connectivity index (χ0n) is 18.9. The van der Waals surface area contributed by atoms with Gasteiger partial charge in [0.05, 0.1) is 6.10 Å². The molecule has 1 saturated heterocycles. The summed E-state index contributed by atoms with van der Waals surface area (Å²) >= 11 is 0. The minimum Gasteiger partial charge on any atom is -0.491 e. The van der Waals surface area contributed by atoms with Gasteiger partial charge in [0.1, 0.15) is 5.75 Å². The van der Waals surface area contributed by atoms with E-state index >= 15 is 0 Å². The Morgan fingerprint density at radius 2 is 1.55 bits per heavy atom. The topological polar surface area (TPSA) is 61.9 Å². The van der Waals surface area contributed by atoms with E-state index in [1.165, 1.54) is 0 Å². The molecule has 2 amide bonds. The van der Waals surface area contributed by atoms with Crippen molar-refractivity contribution in [2.24, 2.45) is 5.92 Å². The third kappa shape index (κ3) is 6.00. The first-order valence-corrected chi connectivity index (χ1v) is 11.1. The minimum absolute atomic E-state index is 0.0399. The van der Waals surface area contributed by atoms with Gasteiger partial charge < -0.3 is 19.9 Å². The van der Waals surface area contributed by atoms with Crippen LogP contribution in [0.2, 0.25) is 0 Å². The van der Waals surface area contributed by atoms with Crippen LogP contribution < -0.4 is 15.0 Å². The molecular weight excluding hydrogens is 390 g/mol. The Labute approximate surface area is 185 Å². The van der Waals surface area contributed by atoms with E-state index in [1.807, 2.05) is 62.1 Å². The van der Waals surface area contributed by atoms with Crippen LogP contribution in [0.5, 0.6) is 5.75 Å². The summed E-state index contributed by atoms with van der Waals surface area (Å²) in [7, 11) is 0. The number of nitrogens with one attached hydrogen (secondary N) is 1. The van der Waals surface area contributed by atoms with E-state index < -0.39 is 0 Å². The Bertz CT molecular complexity index is 870. The predicted molar refractivity (Wildman–Crippen MR) is 125 cm³/mol. The molecule has 0 bridgehead atoms. The molecule has 0 aliphatic carbocycles. The van der Waals surface area contributed by atoms with Gasteiger partial charge in [-0.05, 0) is 61.9 Å². The molecule has 166 valence electrons. The molecule has 1 aliphatic rings. The Kier molecular flexibility index (Phi) is 7.55. The zero-order valence-corrected chi connectivity index (χ0v) is 18.9. The van der Waals surface area contributed by atoms with Gasteiger partial charge in [0, 0.05) is 49.0 Å². The third-order valence-electron chi connectivity index (χ3n) is 5.60. The van der Waals surface area contributed by atoms with Crippen molar-refractivity contribution in [3.05, 3.63) is 54.1 Å². The van der Waals surface area contributed by atoms with E-state index in [9.17, 15) is 9.59 Å². The van der Waals surface area contributed by atoms with Crippen LogP contribution in [0.4, 0.5) is 11.4 Å². The molecule has 0 spiro atoms. The van der Waals surface area contributed by atoms with Gasteiger partial charge in [-0.15, -0.1) is 0 Å². The zero-order chi connectivity index (χ0) is 22.4. The van der Waals surface area contributed by atoms with Gasteiger partial charge in [-0.2, -0.15) is 0 Å². The van der Waals surface area contributed by atoms with Crippen molar-refractivity contribution in [3.63, 3.8) is 0 Å². The van der Waals surface area contributed by atoms with Crippen molar-refractivity contribution in [2.45, 2.75) is 40.2 Å². The van der Waals surface area contributed by atoms with E-state index in [1.54, 1.807) is 12.1 Å². The first kappa shape index (κ1) is 22.7. The summed E-state index contributed by atoms with van der Waals surface area (Å²) in [4.78, 5) is 28.9. The number of benzene rings is 2. The van der Waals surface area contributed by atoms with Crippen molar-refractivity contribution in [3.8, 4) is 5.75 Å². The van der Waals surface area contributed by atoms with E-state index in [-0.39, 0.29) is 23.8 Å². The average molecular weight is 424 g/mol. The van der Waals surface area contributed by atoms with E-state index in [4.69, 9.17) is 4.74 Å². The normalized spacial score (nSPS) is 15.0. The molecule has 0 aromatic heterocycles. The number of ether oxygens (including phenoxy) is 1. The lowest BCUT2D eigenvalue weighted by Crippen LogP contribution is -2.49. The largest absolute Gasteiger partial charge is 0.491 e. The minimum atomic E-state index is -0.149. The van der Waals surface area contributed by atoms with Crippen LogP contribution >= 0.6 is 0 Å². The molecule has 1 fully saturated rings. The molecule has 6 nitrogen and oxygen atoms in total. The summed E-state index contributed by atoms with van der Waals surface area (Å²) in [5.41, 5.74) is 2.44. The molecule has 1 heterocycles. The fourth-order valence-electron chi connectivity index (χ4n) is 3.51. The van der Waals surface area contributed by atoms with Crippen LogP contribution in [0, 0.1) is 5.92 Å². The van der Waals surface area contributed by atoms with Gasteiger partial charge in [0.25, 0.3) is 5.91 Å². The van der Waals surface area contributed by atoms with Crippen LogP contribution in [0.15, 0.2) is 48.5 Å². The number of piperazine rings is 1. The lowest BCUT2D eigenvalue weighted by Gasteiger charge is -2.37. The molecule has 1 unspecified atom stereocenters. The van der Waals surface area contributed by atoms with Crippen LogP contribution in [-0.4, -0.2) is 49.0 Å². The second-order valence-corrected chi connectivity index (χ2v) is 8.33. The average Bonchev–Trinajstić information content (AvgIpc) is 2.79. The Balaban J connectivity index is 1.53. The number of hydrogen-bond acceptors (Lipinski definition) is 4. The maximum absolute atomic E-state index is 12.5. The quantitative estimate of drug-likeness (QED) is 0.716.